The molecule has 0 saturated carbocycles. The third kappa shape index (κ3) is 2.56. The summed E-state index contributed by atoms with van der Waals surface area (Å²) in [6, 6.07) is 10.9. The highest BCUT2D eigenvalue weighted by Crippen LogP contribution is 2.05. The van der Waals surface area contributed by atoms with Gasteiger partial charge in [0.05, 0.1) is 6.54 Å². The number of hydrogen-bond donors (Lipinski definition) is 0. The van der Waals surface area contributed by atoms with Gasteiger partial charge in [0, 0.05) is 17.3 Å². The number of aryl methyl sites for hydroxylation is 2. The number of nitrogens with zero attached hydrogens (tertiary/aromatic N) is 1. The Morgan fingerprint density at radius 3 is 2.44 bits per heavy atom. The molecule has 92 valence electrons. The maximum atomic E-state index is 12.0. The first-order valence-corrected chi connectivity index (χ1v) is 5.84. The molecule has 0 aliphatic heterocycles. The third-order valence-electron chi connectivity index (χ3n) is 2.90. The summed E-state index contributed by atoms with van der Waals surface area (Å²) in [6.07, 6.45) is 1.64. The summed E-state index contributed by atoms with van der Waals surface area (Å²) in [4.78, 5) is 23.8. The summed E-state index contributed by atoms with van der Waals surface area (Å²) >= 11 is 0. The first kappa shape index (κ1) is 12.3. The van der Waals surface area contributed by atoms with Gasteiger partial charge < -0.3 is 4.57 Å². The largest absolute Gasteiger partial charge is 0.308 e. The molecule has 0 saturated heterocycles. The van der Waals surface area contributed by atoms with Gasteiger partial charge in [0.15, 0.2) is 5.78 Å². The van der Waals surface area contributed by atoms with E-state index in [0.717, 1.165) is 5.56 Å². The number of carbonyl (C=O) groups excluding carboxylic acids is 1. The van der Waals surface area contributed by atoms with Crippen LogP contribution in [-0.4, -0.2) is 10.4 Å². The number of benzene rings is 1. The lowest BCUT2D eigenvalue weighted by Crippen LogP contribution is -2.25. The lowest BCUT2D eigenvalue weighted by molar-refractivity contribution is 0.0971. The minimum absolute atomic E-state index is 0.0531. The van der Waals surface area contributed by atoms with Crippen molar-refractivity contribution in [2.75, 3.05) is 0 Å². The van der Waals surface area contributed by atoms with Crippen molar-refractivity contribution in [3.05, 3.63) is 69.6 Å². The van der Waals surface area contributed by atoms with Gasteiger partial charge in [0.25, 0.3) is 5.56 Å². The summed E-state index contributed by atoms with van der Waals surface area (Å²) in [6.45, 7) is 3.80. The van der Waals surface area contributed by atoms with Crippen LogP contribution in [-0.2, 0) is 6.54 Å². The molecule has 1 aromatic carbocycles. The fraction of sp³-hybridized carbons (Fsp3) is 0.200. The standard InChI is InChI=1S/C15H15NO2/c1-11-5-7-13(8-6-11)14(17)10-16-9-3-4-12(2)15(16)18/h3-9H,10H2,1-2H3. The van der Waals surface area contributed by atoms with Crippen molar-refractivity contribution in [1.29, 1.82) is 0 Å². The van der Waals surface area contributed by atoms with Crippen molar-refractivity contribution in [3.63, 3.8) is 0 Å². The molecule has 3 nitrogen and oxygen atoms in total. The normalized spacial score (nSPS) is 10.3. The number of ketones is 1. The van der Waals surface area contributed by atoms with Crippen LogP contribution >= 0.6 is 0 Å². The van der Waals surface area contributed by atoms with E-state index in [0.29, 0.717) is 11.1 Å². The van der Waals surface area contributed by atoms with E-state index in [1.54, 1.807) is 37.4 Å². The van der Waals surface area contributed by atoms with Gasteiger partial charge >= 0.3 is 0 Å². The summed E-state index contributed by atoms with van der Waals surface area (Å²) in [5, 5.41) is 0. The zero-order valence-corrected chi connectivity index (χ0v) is 10.5. The van der Waals surface area contributed by atoms with E-state index in [2.05, 4.69) is 0 Å². The zero-order chi connectivity index (χ0) is 13.1. The van der Waals surface area contributed by atoms with Crippen molar-refractivity contribution in [2.24, 2.45) is 0 Å². The molecule has 1 heterocycles. The molecular weight excluding hydrogens is 226 g/mol. The van der Waals surface area contributed by atoms with Gasteiger partial charge in [-0.05, 0) is 19.9 Å². The van der Waals surface area contributed by atoms with E-state index in [1.165, 1.54) is 4.57 Å². The Bertz CT molecular complexity index is 624. The van der Waals surface area contributed by atoms with Crippen molar-refractivity contribution in [1.82, 2.24) is 4.57 Å². The second-order valence-electron chi connectivity index (χ2n) is 4.41. The van der Waals surface area contributed by atoms with E-state index in [-0.39, 0.29) is 17.9 Å². The van der Waals surface area contributed by atoms with Crippen LogP contribution in [0.5, 0.6) is 0 Å². The van der Waals surface area contributed by atoms with Crippen LogP contribution in [0.2, 0.25) is 0 Å². The molecule has 0 unspecified atom stereocenters. The smallest absolute Gasteiger partial charge is 0.253 e. The highest BCUT2D eigenvalue weighted by atomic mass is 16.1. The van der Waals surface area contributed by atoms with E-state index in [1.807, 2.05) is 19.1 Å². The van der Waals surface area contributed by atoms with Crippen LogP contribution in [0.1, 0.15) is 21.5 Å². The minimum atomic E-state index is -0.113. The van der Waals surface area contributed by atoms with Gasteiger partial charge in [-0.3, -0.25) is 9.59 Å². The second kappa shape index (κ2) is 5.00. The Balaban J connectivity index is 2.24. The number of pyridine rings is 1. The molecule has 0 radical (unpaired) electrons. The van der Waals surface area contributed by atoms with Gasteiger partial charge in [-0.2, -0.15) is 0 Å². The lowest BCUT2D eigenvalue weighted by Gasteiger charge is -2.06. The van der Waals surface area contributed by atoms with Crippen molar-refractivity contribution in [2.45, 2.75) is 20.4 Å². The number of hydrogen-bond acceptors (Lipinski definition) is 2. The average Bonchev–Trinajstić information content (AvgIpc) is 2.36. The second-order valence-corrected chi connectivity index (χ2v) is 4.41. The molecule has 2 rings (SSSR count). The molecule has 3 heteroatoms. The Kier molecular flexibility index (Phi) is 3.42. The van der Waals surface area contributed by atoms with Gasteiger partial charge in [-0.15, -0.1) is 0 Å². The van der Waals surface area contributed by atoms with Gasteiger partial charge in [0.1, 0.15) is 0 Å². The molecular formula is C15H15NO2. The fourth-order valence-electron chi connectivity index (χ4n) is 1.77. The predicted octanol–water partition coefficient (Wildman–Crippen LogP) is 2.35. The minimum Gasteiger partial charge on any atom is -0.308 e. The van der Waals surface area contributed by atoms with Crippen LogP contribution in [0.3, 0.4) is 0 Å². The van der Waals surface area contributed by atoms with Gasteiger partial charge in [0.2, 0.25) is 0 Å². The Hall–Kier alpha value is -2.16. The molecule has 1 aromatic heterocycles. The molecule has 0 spiro atoms. The lowest BCUT2D eigenvalue weighted by atomic mass is 10.1. The Morgan fingerprint density at radius 2 is 1.78 bits per heavy atom. The topological polar surface area (TPSA) is 39.1 Å². The molecule has 0 fully saturated rings. The van der Waals surface area contributed by atoms with Crippen molar-refractivity contribution >= 4 is 5.78 Å². The van der Waals surface area contributed by atoms with Gasteiger partial charge in [-0.1, -0.05) is 35.9 Å². The van der Waals surface area contributed by atoms with E-state index in [4.69, 9.17) is 0 Å². The van der Waals surface area contributed by atoms with Crippen molar-refractivity contribution < 1.29 is 4.79 Å². The maximum absolute atomic E-state index is 12.0. The molecule has 2 aromatic rings. The Labute approximate surface area is 106 Å². The summed E-state index contributed by atoms with van der Waals surface area (Å²) in [7, 11) is 0. The van der Waals surface area contributed by atoms with E-state index >= 15 is 0 Å². The van der Waals surface area contributed by atoms with Crippen LogP contribution in [0.15, 0.2) is 47.4 Å². The third-order valence-corrected chi connectivity index (χ3v) is 2.90. The van der Waals surface area contributed by atoms with Crippen LogP contribution in [0, 0.1) is 13.8 Å². The SMILES string of the molecule is Cc1ccc(C(=O)Cn2cccc(C)c2=O)cc1. The van der Waals surface area contributed by atoms with Gasteiger partial charge in [-0.25, -0.2) is 0 Å². The summed E-state index contributed by atoms with van der Waals surface area (Å²) < 4.78 is 1.44. The average molecular weight is 241 g/mol. The molecule has 0 aliphatic rings. The van der Waals surface area contributed by atoms with Crippen molar-refractivity contribution in [3.8, 4) is 0 Å². The molecule has 18 heavy (non-hydrogen) atoms. The molecule has 0 amide bonds. The fourth-order valence-corrected chi connectivity index (χ4v) is 1.77. The molecule has 0 aliphatic carbocycles. The summed E-state index contributed by atoms with van der Waals surface area (Å²) in [5.74, 6) is -0.0531. The zero-order valence-electron chi connectivity index (χ0n) is 10.5. The molecule has 0 bridgehead atoms. The molecule has 0 atom stereocenters. The monoisotopic (exact) mass is 241 g/mol. The highest BCUT2D eigenvalue weighted by molar-refractivity contribution is 5.95. The first-order chi connectivity index (χ1) is 8.58. The Morgan fingerprint density at radius 1 is 1.11 bits per heavy atom. The quantitative estimate of drug-likeness (QED) is 0.774. The maximum Gasteiger partial charge on any atom is 0.253 e. The van der Waals surface area contributed by atoms with E-state index in [9.17, 15) is 9.59 Å². The number of Topliss-reactive ketones (excluding diaryl/α,β-unsaturated/α-hetero) is 1. The van der Waals surface area contributed by atoms with Crippen LogP contribution in [0.25, 0.3) is 0 Å². The van der Waals surface area contributed by atoms with Crippen LogP contribution < -0.4 is 5.56 Å². The predicted molar refractivity (Wildman–Crippen MR) is 70.9 cm³/mol. The van der Waals surface area contributed by atoms with E-state index < -0.39 is 0 Å². The number of rotatable bonds is 3. The number of aromatic nitrogens is 1. The highest BCUT2D eigenvalue weighted by Gasteiger charge is 2.08. The van der Waals surface area contributed by atoms with Crippen LogP contribution in [0.4, 0.5) is 0 Å². The molecule has 0 N–H and O–H groups in total. The first-order valence-electron chi connectivity index (χ1n) is 5.84. The summed E-state index contributed by atoms with van der Waals surface area (Å²) in [5.41, 5.74) is 2.28. The number of carbonyl (C=O) groups is 1.